The van der Waals surface area contributed by atoms with Crippen LogP contribution < -0.4 is 10.6 Å². The number of aryl methyl sites for hydroxylation is 1. The number of nitrogens with one attached hydrogen (secondary N) is 3. The molecule has 22 heavy (non-hydrogen) atoms. The molecule has 7 heteroatoms. The van der Waals surface area contributed by atoms with E-state index in [1.54, 1.807) is 6.92 Å². The van der Waals surface area contributed by atoms with Crippen LogP contribution in [0.1, 0.15) is 52.9 Å². The molecule has 3 N–H and O–H groups in total. The summed E-state index contributed by atoms with van der Waals surface area (Å²) in [6.07, 6.45) is 0.562. The van der Waals surface area contributed by atoms with E-state index in [0.29, 0.717) is 23.2 Å². The Balaban J connectivity index is 2.88. The number of ether oxygens (including phenoxy) is 1. The first-order chi connectivity index (χ1) is 10.3. The van der Waals surface area contributed by atoms with E-state index >= 15 is 0 Å². The summed E-state index contributed by atoms with van der Waals surface area (Å²) in [7, 11) is 1.30. The monoisotopic (exact) mass is 309 g/mol. The van der Waals surface area contributed by atoms with Gasteiger partial charge in [-0.2, -0.15) is 0 Å². The molecule has 0 aromatic carbocycles. The third-order valence-corrected chi connectivity index (χ3v) is 3.16. The van der Waals surface area contributed by atoms with Gasteiger partial charge in [-0.3, -0.25) is 9.59 Å². The Bertz CT molecular complexity index is 576. The van der Waals surface area contributed by atoms with E-state index in [0.717, 1.165) is 0 Å². The van der Waals surface area contributed by atoms with Crippen LogP contribution in [0, 0.1) is 6.92 Å². The van der Waals surface area contributed by atoms with Crippen LogP contribution in [0.3, 0.4) is 0 Å². The van der Waals surface area contributed by atoms with Gasteiger partial charge in [-0.05, 0) is 32.8 Å². The number of aromatic nitrogens is 1. The van der Waals surface area contributed by atoms with Gasteiger partial charge in [-0.25, -0.2) is 4.79 Å². The Morgan fingerprint density at radius 2 is 1.91 bits per heavy atom. The summed E-state index contributed by atoms with van der Waals surface area (Å²) in [4.78, 5) is 38.5. The van der Waals surface area contributed by atoms with Gasteiger partial charge in [0.05, 0.1) is 19.2 Å². The lowest BCUT2D eigenvalue weighted by Gasteiger charge is -2.09. The van der Waals surface area contributed by atoms with Crippen LogP contribution in [0.4, 0.5) is 0 Å². The standard InChI is InChI=1S/C15H23N3O4/c1-6-10-12(15(21)22-5)9(4)13(18-10)14(20)16-7-11(19)17-8(2)3/h8,18H,6-7H2,1-5H3,(H,16,20)(H,17,19). The molecule has 1 rings (SSSR count). The molecule has 2 amide bonds. The summed E-state index contributed by atoms with van der Waals surface area (Å²) in [6.45, 7) is 7.10. The number of carbonyl (C=O) groups is 3. The van der Waals surface area contributed by atoms with Crippen LogP contribution in [0.25, 0.3) is 0 Å². The van der Waals surface area contributed by atoms with Gasteiger partial charge in [0.15, 0.2) is 0 Å². The van der Waals surface area contributed by atoms with Crippen LogP contribution in [0.2, 0.25) is 0 Å². The maximum Gasteiger partial charge on any atom is 0.339 e. The van der Waals surface area contributed by atoms with E-state index < -0.39 is 11.9 Å². The van der Waals surface area contributed by atoms with Crippen molar-refractivity contribution in [1.29, 1.82) is 0 Å². The molecule has 0 aliphatic carbocycles. The molecular formula is C15H23N3O4. The second-order valence-corrected chi connectivity index (χ2v) is 5.23. The molecule has 0 saturated heterocycles. The van der Waals surface area contributed by atoms with Crippen molar-refractivity contribution in [3.63, 3.8) is 0 Å². The molecule has 1 aromatic rings. The first-order valence-electron chi connectivity index (χ1n) is 7.19. The second kappa shape index (κ2) is 7.63. The van der Waals surface area contributed by atoms with Crippen LogP contribution in [0.15, 0.2) is 0 Å². The minimum Gasteiger partial charge on any atom is -0.465 e. The third kappa shape index (κ3) is 4.09. The van der Waals surface area contributed by atoms with Crippen molar-refractivity contribution in [1.82, 2.24) is 15.6 Å². The quantitative estimate of drug-likeness (QED) is 0.680. The smallest absolute Gasteiger partial charge is 0.339 e. The van der Waals surface area contributed by atoms with Crippen LogP contribution in [0.5, 0.6) is 0 Å². The van der Waals surface area contributed by atoms with Gasteiger partial charge < -0.3 is 20.4 Å². The molecule has 0 saturated carbocycles. The number of amides is 2. The summed E-state index contributed by atoms with van der Waals surface area (Å²) in [5.74, 6) is -1.18. The lowest BCUT2D eigenvalue weighted by Crippen LogP contribution is -2.40. The Hall–Kier alpha value is -2.31. The fourth-order valence-corrected chi connectivity index (χ4v) is 2.15. The first kappa shape index (κ1) is 17.7. The fraction of sp³-hybridized carbons (Fsp3) is 0.533. The Morgan fingerprint density at radius 3 is 2.41 bits per heavy atom. The number of rotatable bonds is 6. The summed E-state index contributed by atoms with van der Waals surface area (Å²) >= 11 is 0. The zero-order valence-corrected chi connectivity index (χ0v) is 13.6. The van der Waals surface area contributed by atoms with Gasteiger partial charge in [0.25, 0.3) is 5.91 Å². The first-order valence-corrected chi connectivity index (χ1v) is 7.19. The predicted molar refractivity (Wildman–Crippen MR) is 81.9 cm³/mol. The van der Waals surface area contributed by atoms with E-state index in [-0.39, 0.29) is 24.2 Å². The maximum atomic E-state index is 12.2. The lowest BCUT2D eigenvalue weighted by atomic mass is 10.1. The molecule has 0 fully saturated rings. The van der Waals surface area contributed by atoms with Crippen molar-refractivity contribution in [3.8, 4) is 0 Å². The van der Waals surface area contributed by atoms with Gasteiger partial charge in [-0.1, -0.05) is 6.92 Å². The van der Waals surface area contributed by atoms with Crippen molar-refractivity contribution in [3.05, 3.63) is 22.5 Å². The maximum absolute atomic E-state index is 12.2. The summed E-state index contributed by atoms with van der Waals surface area (Å²) in [5, 5.41) is 5.21. The molecule has 1 aromatic heterocycles. The number of methoxy groups -OCH3 is 1. The number of H-pyrrole nitrogens is 1. The second-order valence-electron chi connectivity index (χ2n) is 5.23. The molecule has 122 valence electrons. The molecular weight excluding hydrogens is 286 g/mol. The van der Waals surface area contributed by atoms with Crippen molar-refractivity contribution in [2.45, 2.75) is 40.2 Å². The number of esters is 1. The number of carbonyl (C=O) groups excluding carboxylic acids is 3. The van der Waals surface area contributed by atoms with Gasteiger partial charge in [0, 0.05) is 11.7 Å². The lowest BCUT2D eigenvalue weighted by molar-refractivity contribution is -0.120. The van der Waals surface area contributed by atoms with Gasteiger partial charge in [0.2, 0.25) is 5.91 Å². The van der Waals surface area contributed by atoms with E-state index in [9.17, 15) is 14.4 Å². The van der Waals surface area contributed by atoms with Crippen LogP contribution >= 0.6 is 0 Å². The zero-order valence-electron chi connectivity index (χ0n) is 13.6. The predicted octanol–water partition coefficient (Wildman–Crippen LogP) is 0.927. The summed E-state index contributed by atoms with van der Waals surface area (Å²) < 4.78 is 4.74. The highest BCUT2D eigenvalue weighted by Crippen LogP contribution is 2.20. The molecule has 0 atom stereocenters. The largest absolute Gasteiger partial charge is 0.465 e. The number of hydrogen-bond acceptors (Lipinski definition) is 4. The molecule has 0 aliphatic rings. The molecule has 0 aliphatic heterocycles. The van der Waals surface area contributed by atoms with Gasteiger partial charge >= 0.3 is 5.97 Å². The van der Waals surface area contributed by atoms with Crippen LogP contribution in [-0.4, -0.2) is 42.5 Å². The Morgan fingerprint density at radius 1 is 1.27 bits per heavy atom. The molecule has 7 nitrogen and oxygen atoms in total. The topological polar surface area (TPSA) is 100 Å². The van der Waals surface area contributed by atoms with E-state index in [1.165, 1.54) is 7.11 Å². The zero-order chi connectivity index (χ0) is 16.9. The van der Waals surface area contributed by atoms with Crippen molar-refractivity contribution in [2.75, 3.05) is 13.7 Å². The summed E-state index contributed by atoms with van der Waals surface area (Å²) in [5.41, 5.74) is 1.81. The van der Waals surface area contributed by atoms with Crippen LogP contribution in [-0.2, 0) is 16.0 Å². The highest BCUT2D eigenvalue weighted by molar-refractivity contribution is 6.01. The van der Waals surface area contributed by atoms with E-state index in [4.69, 9.17) is 4.74 Å². The minimum atomic E-state index is -0.484. The van der Waals surface area contributed by atoms with Crippen molar-refractivity contribution >= 4 is 17.8 Å². The van der Waals surface area contributed by atoms with Crippen molar-refractivity contribution in [2.24, 2.45) is 0 Å². The molecule has 0 spiro atoms. The van der Waals surface area contributed by atoms with E-state index in [2.05, 4.69) is 15.6 Å². The number of aromatic amines is 1. The summed E-state index contributed by atoms with van der Waals surface area (Å²) in [6, 6.07) is 0.00856. The molecule has 0 bridgehead atoms. The molecule has 0 radical (unpaired) electrons. The van der Waals surface area contributed by atoms with Gasteiger partial charge in [-0.15, -0.1) is 0 Å². The highest BCUT2D eigenvalue weighted by Gasteiger charge is 2.23. The molecule has 1 heterocycles. The third-order valence-electron chi connectivity index (χ3n) is 3.16. The van der Waals surface area contributed by atoms with E-state index in [1.807, 2.05) is 20.8 Å². The van der Waals surface area contributed by atoms with Gasteiger partial charge in [0.1, 0.15) is 5.69 Å². The Labute approximate surface area is 129 Å². The Kier molecular flexibility index (Phi) is 6.15. The molecule has 0 unspecified atom stereocenters. The van der Waals surface area contributed by atoms with Crippen molar-refractivity contribution < 1.29 is 19.1 Å². The minimum absolute atomic E-state index is 0.00856. The normalized spacial score (nSPS) is 10.5. The fourth-order valence-electron chi connectivity index (χ4n) is 2.15. The average molecular weight is 309 g/mol. The highest BCUT2D eigenvalue weighted by atomic mass is 16.5. The number of hydrogen-bond donors (Lipinski definition) is 3. The SMILES string of the molecule is CCc1[nH]c(C(=O)NCC(=O)NC(C)C)c(C)c1C(=O)OC. The average Bonchev–Trinajstić information content (AvgIpc) is 2.80.